The van der Waals surface area contributed by atoms with Gasteiger partial charge in [-0.3, -0.25) is 9.78 Å². The first-order chi connectivity index (χ1) is 7.75. The summed E-state index contributed by atoms with van der Waals surface area (Å²) in [6.07, 6.45) is 6.87. The zero-order chi connectivity index (χ0) is 11.4. The molecule has 86 valence electrons. The number of carbonyl (C=O) groups is 1. The third-order valence-electron chi connectivity index (χ3n) is 2.86. The molecule has 1 aromatic rings. The summed E-state index contributed by atoms with van der Waals surface area (Å²) in [5.41, 5.74) is 0.334. The van der Waals surface area contributed by atoms with E-state index in [0.29, 0.717) is 18.2 Å². The number of carbonyl (C=O) groups excluding carboxylic acids is 1. The summed E-state index contributed by atoms with van der Waals surface area (Å²) in [6.45, 7) is 0.604. The smallest absolute Gasteiger partial charge is 0.271 e. The highest BCUT2D eigenvalue weighted by atomic mass is 16.3. The Morgan fingerprint density at radius 1 is 1.50 bits per heavy atom. The number of nitrogens with one attached hydrogen (secondary N) is 1. The van der Waals surface area contributed by atoms with Crippen LogP contribution in [0.3, 0.4) is 0 Å². The van der Waals surface area contributed by atoms with Gasteiger partial charge in [0, 0.05) is 18.9 Å². The van der Waals surface area contributed by atoms with Crippen molar-refractivity contribution in [2.75, 3.05) is 6.54 Å². The predicted molar refractivity (Wildman–Crippen MR) is 57.7 cm³/mol. The number of hydrogen-bond donors (Lipinski definition) is 2. The number of aliphatic hydroxyl groups excluding tert-OH is 1. The van der Waals surface area contributed by atoms with Gasteiger partial charge in [0.25, 0.3) is 5.91 Å². The van der Waals surface area contributed by atoms with Crippen LogP contribution < -0.4 is 5.32 Å². The maximum Gasteiger partial charge on any atom is 0.271 e. The molecule has 5 heteroatoms. The summed E-state index contributed by atoms with van der Waals surface area (Å²) in [7, 11) is 0. The van der Waals surface area contributed by atoms with Gasteiger partial charge in [0.05, 0.1) is 12.3 Å². The lowest BCUT2D eigenvalue weighted by atomic mass is 10.1. The van der Waals surface area contributed by atoms with Gasteiger partial charge in [-0.05, 0) is 25.2 Å². The van der Waals surface area contributed by atoms with Crippen molar-refractivity contribution in [3.8, 4) is 0 Å². The van der Waals surface area contributed by atoms with Crippen molar-refractivity contribution in [1.29, 1.82) is 0 Å². The van der Waals surface area contributed by atoms with Crippen LogP contribution in [0, 0.1) is 5.92 Å². The van der Waals surface area contributed by atoms with Crippen molar-refractivity contribution in [1.82, 2.24) is 15.3 Å². The predicted octanol–water partition coefficient (Wildman–Crippen LogP) is 0.367. The minimum Gasteiger partial charge on any atom is -0.393 e. The molecule has 2 N–H and O–H groups in total. The van der Waals surface area contributed by atoms with E-state index < -0.39 is 0 Å². The van der Waals surface area contributed by atoms with Gasteiger partial charge in [-0.25, -0.2) is 4.98 Å². The second-order valence-electron chi connectivity index (χ2n) is 4.13. The number of rotatable bonds is 3. The Hall–Kier alpha value is -1.49. The van der Waals surface area contributed by atoms with Crippen molar-refractivity contribution < 1.29 is 9.90 Å². The number of hydrogen-bond acceptors (Lipinski definition) is 4. The largest absolute Gasteiger partial charge is 0.393 e. The molecule has 0 aliphatic heterocycles. The van der Waals surface area contributed by atoms with E-state index in [1.165, 1.54) is 18.6 Å². The monoisotopic (exact) mass is 221 g/mol. The summed E-state index contributed by atoms with van der Waals surface area (Å²) < 4.78 is 0. The molecule has 1 fully saturated rings. The summed E-state index contributed by atoms with van der Waals surface area (Å²) in [5.74, 6) is 0.185. The van der Waals surface area contributed by atoms with Gasteiger partial charge in [0.15, 0.2) is 0 Å². The molecular weight excluding hydrogens is 206 g/mol. The van der Waals surface area contributed by atoms with E-state index in [1.807, 2.05) is 0 Å². The lowest BCUT2D eigenvalue weighted by Gasteiger charge is -2.10. The summed E-state index contributed by atoms with van der Waals surface area (Å²) in [5, 5.41) is 12.2. The Balaban J connectivity index is 1.80. The average molecular weight is 221 g/mol. The first kappa shape index (κ1) is 11.0. The standard InChI is InChI=1S/C11H15N3O2/c15-9-2-1-8(5-9)6-14-11(16)10-7-12-3-4-13-10/h3-4,7-9,15H,1-2,5-6H2,(H,14,16). The third-order valence-corrected chi connectivity index (χ3v) is 2.86. The molecule has 2 unspecified atom stereocenters. The number of amides is 1. The Bertz CT molecular complexity index is 356. The fourth-order valence-corrected chi connectivity index (χ4v) is 1.98. The lowest BCUT2D eigenvalue weighted by molar-refractivity contribution is 0.0939. The Morgan fingerprint density at radius 3 is 3.00 bits per heavy atom. The van der Waals surface area contributed by atoms with Gasteiger partial charge < -0.3 is 10.4 Å². The second-order valence-corrected chi connectivity index (χ2v) is 4.13. The van der Waals surface area contributed by atoms with E-state index >= 15 is 0 Å². The maximum atomic E-state index is 11.6. The van der Waals surface area contributed by atoms with Crippen LogP contribution in [-0.2, 0) is 0 Å². The van der Waals surface area contributed by atoms with E-state index in [1.54, 1.807) is 0 Å². The minimum absolute atomic E-state index is 0.196. The molecule has 1 aliphatic rings. The summed E-state index contributed by atoms with van der Waals surface area (Å²) in [6, 6.07) is 0. The SMILES string of the molecule is O=C(NCC1CCC(O)C1)c1cnccn1. The normalized spacial score (nSPS) is 24.3. The van der Waals surface area contributed by atoms with Crippen LogP contribution in [0.5, 0.6) is 0 Å². The van der Waals surface area contributed by atoms with Gasteiger partial charge >= 0.3 is 0 Å². The fourth-order valence-electron chi connectivity index (χ4n) is 1.98. The fraction of sp³-hybridized carbons (Fsp3) is 0.545. The quantitative estimate of drug-likeness (QED) is 0.773. The topological polar surface area (TPSA) is 75.1 Å². The van der Waals surface area contributed by atoms with E-state index in [0.717, 1.165) is 19.3 Å². The van der Waals surface area contributed by atoms with Gasteiger partial charge in [0.2, 0.25) is 0 Å². The molecule has 16 heavy (non-hydrogen) atoms. The second kappa shape index (κ2) is 5.03. The maximum absolute atomic E-state index is 11.6. The van der Waals surface area contributed by atoms with Crippen LogP contribution in [0.2, 0.25) is 0 Å². The van der Waals surface area contributed by atoms with Gasteiger partial charge in [-0.2, -0.15) is 0 Å². The van der Waals surface area contributed by atoms with Crippen LogP contribution in [0.1, 0.15) is 29.8 Å². The molecule has 1 aliphatic carbocycles. The van der Waals surface area contributed by atoms with Crippen LogP contribution in [0.15, 0.2) is 18.6 Å². The molecule has 0 bridgehead atoms. The molecule has 0 spiro atoms. The molecule has 0 saturated heterocycles. The zero-order valence-electron chi connectivity index (χ0n) is 8.97. The van der Waals surface area contributed by atoms with Gasteiger partial charge in [0.1, 0.15) is 5.69 Å². The molecule has 1 amide bonds. The average Bonchev–Trinajstić information content (AvgIpc) is 2.73. The molecule has 1 saturated carbocycles. The Morgan fingerprint density at radius 2 is 2.38 bits per heavy atom. The molecule has 2 rings (SSSR count). The van der Waals surface area contributed by atoms with Crippen molar-refractivity contribution in [2.45, 2.75) is 25.4 Å². The zero-order valence-corrected chi connectivity index (χ0v) is 8.97. The van der Waals surface area contributed by atoms with E-state index in [9.17, 15) is 9.90 Å². The third kappa shape index (κ3) is 2.76. The molecular formula is C11H15N3O2. The van der Waals surface area contributed by atoms with E-state index in [-0.39, 0.29) is 12.0 Å². The highest BCUT2D eigenvalue weighted by Crippen LogP contribution is 2.24. The lowest BCUT2D eigenvalue weighted by Crippen LogP contribution is -2.29. The van der Waals surface area contributed by atoms with Crippen LogP contribution >= 0.6 is 0 Å². The van der Waals surface area contributed by atoms with Crippen molar-refractivity contribution >= 4 is 5.91 Å². The van der Waals surface area contributed by atoms with Crippen molar-refractivity contribution in [3.63, 3.8) is 0 Å². The van der Waals surface area contributed by atoms with Gasteiger partial charge in [-0.15, -0.1) is 0 Å². The molecule has 0 radical (unpaired) electrons. The highest BCUT2D eigenvalue weighted by Gasteiger charge is 2.23. The van der Waals surface area contributed by atoms with Crippen molar-refractivity contribution in [3.05, 3.63) is 24.3 Å². The number of aromatic nitrogens is 2. The highest BCUT2D eigenvalue weighted by molar-refractivity contribution is 5.91. The van der Waals surface area contributed by atoms with Gasteiger partial charge in [-0.1, -0.05) is 0 Å². The molecule has 5 nitrogen and oxygen atoms in total. The number of nitrogens with zero attached hydrogens (tertiary/aromatic N) is 2. The van der Waals surface area contributed by atoms with E-state index in [4.69, 9.17) is 0 Å². The van der Waals surface area contributed by atoms with Crippen LogP contribution in [-0.4, -0.2) is 33.6 Å². The molecule has 2 atom stereocenters. The molecule has 1 heterocycles. The van der Waals surface area contributed by atoms with E-state index in [2.05, 4.69) is 15.3 Å². The molecule has 1 aromatic heterocycles. The van der Waals surface area contributed by atoms with Crippen molar-refractivity contribution in [2.24, 2.45) is 5.92 Å². The Kier molecular flexibility index (Phi) is 3.46. The van der Waals surface area contributed by atoms with Crippen LogP contribution in [0.4, 0.5) is 0 Å². The summed E-state index contributed by atoms with van der Waals surface area (Å²) >= 11 is 0. The number of aliphatic hydroxyl groups is 1. The first-order valence-corrected chi connectivity index (χ1v) is 5.48. The first-order valence-electron chi connectivity index (χ1n) is 5.48. The summed E-state index contributed by atoms with van der Waals surface area (Å²) in [4.78, 5) is 19.4. The molecule has 0 aromatic carbocycles. The van der Waals surface area contributed by atoms with Crippen LogP contribution in [0.25, 0.3) is 0 Å². The minimum atomic E-state index is -0.200. The Labute approximate surface area is 93.9 Å².